The summed E-state index contributed by atoms with van der Waals surface area (Å²) in [5.74, 6) is 2.22. The van der Waals surface area contributed by atoms with Gasteiger partial charge in [-0.2, -0.15) is 0 Å². The Morgan fingerprint density at radius 3 is 2.50 bits per heavy atom. The Hall–Kier alpha value is -2.80. The third-order valence-corrected chi connectivity index (χ3v) is 5.16. The van der Waals surface area contributed by atoms with E-state index in [2.05, 4.69) is 41.6 Å². The molecule has 0 saturated heterocycles. The minimum absolute atomic E-state index is 0.0819. The summed E-state index contributed by atoms with van der Waals surface area (Å²) < 4.78 is 7.19. The smallest absolute Gasteiger partial charge is 0.276 e. The van der Waals surface area contributed by atoms with E-state index in [0.29, 0.717) is 22.6 Å². The number of hydrogen-bond donors (Lipinski definition) is 1. The van der Waals surface area contributed by atoms with Gasteiger partial charge >= 0.3 is 0 Å². The van der Waals surface area contributed by atoms with Crippen molar-refractivity contribution in [3.05, 3.63) is 71.5 Å². The van der Waals surface area contributed by atoms with E-state index < -0.39 is 0 Å². The molecule has 28 heavy (non-hydrogen) atoms. The first-order chi connectivity index (χ1) is 13.5. The molecule has 0 atom stereocenters. The minimum atomic E-state index is -0.266. The van der Waals surface area contributed by atoms with Crippen molar-refractivity contribution in [1.82, 2.24) is 14.9 Å². The van der Waals surface area contributed by atoms with Gasteiger partial charge in [0, 0.05) is 5.75 Å². The lowest BCUT2D eigenvalue weighted by molar-refractivity contribution is -0.119. The zero-order valence-corrected chi connectivity index (χ0v) is 17.1. The number of nitrogens with one attached hydrogen (secondary N) is 1. The predicted octanol–water partition coefficient (Wildman–Crippen LogP) is 4.15. The minimum Gasteiger partial charge on any atom is -0.484 e. The molecule has 0 aliphatic rings. The van der Waals surface area contributed by atoms with E-state index in [4.69, 9.17) is 4.74 Å². The highest BCUT2D eigenvalue weighted by atomic mass is 32.2. The van der Waals surface area contributed by atoms with Crippen LogP contribution in [0.1, 0.15) is 36.7 Å². The number of rotatable bonds is 8. The summed E-state index contributed by atoms with van der Waals surface area (Å²) in [6, 6.07) is 17.9. The number of ether oxygens (including phenoxy) is 1. The fraction of sp³-hybridized carbons (Fsp3) is 0.286. The zero-order chi connectivity index (χ0) is 19.9. The average Bonchev–Trinajstić information content (AvgIpc) is 3.05. The average molecular weight is 397 g/mol. The fourth-order valence-corrected chi connectivity index (χ4v) is 3.44. The number of nitrogens with zero attached hydrogens (tertiary/aromatic N) is 3. The van der Waals surface area contributed by atoms with Gasteiger partial charge in [-0.3, -0.25) is 10.2 Å². The summed E-state index contributed by atoms with van der Waals surface area (Å²) in [7, 11) is 0. The first kappa shape index (κ1) is 19.9. The molecule has 0 spiro atoms. The molecule has 7 heteroatoms. The van der Waals surface area contributed by atoms with Crippen LogP contribution in [-0.2, 0) is 10.5 Å². The molecule has 1 N–H and O–H groups in total. The van der Waals surface area contributed by atoms with Crippen LogP contribution in [0.3, 0.4) is 0 Å². The number of thioether (sulfide) groups is 1. The first-order valence-electron chi connectivity index (χ1n) is 9.14. The molecular weight excluding hydrogens is 372 g/mol. The van der Waals surface area contributed by atoms with Gasteiger partial charge in [-0.15, -0.1) is 10.2 Å². The van der Waals surface area contributed by atoms with Gasteiger partial charge in [0.05, 0.1) is 0 Å². The van der Waals surface area contributed by atoms with Gasteiger partial charge in [0.2, 0.25) is 5.16 Å². The van der Waals surface area contributed by atoms with Crippen molar-refractivity contribution < 1.29 is 9.53 Å². The second kappa shape index (κ2) is 9.41. The Labute approximate surface area is 169 Å². The van der Waals surface area contributed by atoms with E-state index in [1.807, 2.05) is 42.5 Å². The molecule has 0 radical (unpaired) electrons. The van der Waals surface area contributed by atoms with Crippen LogP contribution >= 0.6 is 11.8 Å². The normalized spacial score (nSPS) is 10.9. The Morgan fingerprint density at radius 2 is 1.82 bits per heavy atom. The number of hydrogen-bond acceptors (Lipinski definition) is 5. The highest BCUT2D eigenvalue weighted by molar-refractivity contribution is 7.98. The van der Waals surface area contributed by atoms with Crippen molar-refractivity contribution in [1.29, 1.82) is 0 Å². The Balaban J connectivity index is 1.55. The maximum Gasteiger partial charge on any atom is 0.276 e. The third-order valence-electron chi connectivity index (χ3n) is 4.16. The summed E-state index contributed by atoms with van der Waals surface area (Å²) in [5, 5.41) is 8.85. The van der Waals surface area contributed by atoms with Crippen LogP contribution in [0.2, 0.25) is 0 Å². The maximum atomic E-state index is 12.3. The Kier molecular flexibility index (Phi) is 6.71. The quantitative estimate of drug-likeness (QED) is 0.579. The molecule has 3 aromatic rings. The lowest BCUT2D eigenvalue weighted by Crippen LogP contribution is -2.29. The standard InChI is InChI=1S/C21H24N4O2S/c1-15(2)18-9-11-19(12-10-18)27-13-20(26)24-25-16(3)22-23-21(25)28-14-17-7-5-4-6-8-17/h4-12,15H,13-14H2,1-3H3,(H,24,26). The van der Waals surface area contributed by atoms with Gasteiger partial charge in [-0.05, 0) is 36.1 Å². The van der Waals surface area contributed by atoms with Crippen molar-refractivity contribution in [2.45, 2.75) is 37.6 Å². The molecule has 0 aliphatic carbocycles. The second-order valence-electron chi connectivity index (χ2n) is 6.69. The largest absolute Gasteiger partial charge is 0.484 e. The van der Waals surface area contributed by atoms with E-state index in [-0.39, 0.29) is 12.5 Å². The monoisotopic (exact) mass is 396 g/mol. The van der Waals surface area contributed by atoms with E-state index in [9.17, 15) is 4.79 Å². The molecule has 1 heterocycles. The molecule has 1 aromatic heterocycles. The summed E-state index contributed by atoms with van der Waals surface area (Å²) in [6.07, 6.45) is 0. The molecule has 3 rings (SSSR count). The fourth-order valence-electron chi connectivity index (χ4n) is 2.54. The molecule has 0 saturated carbocycles. The Morgan fingerprint density at radius 1 is 1.11 bits per heavy atom. The summed E-state index contributed by atoms with van der Waals surface area (Å²) in [4.78, 5) is 12.3. The zero-order valence-electron chi connectivity index (χ0n) is 16.3. The van der Waals surface area contributed by atoms with Crippen molar-refractivity contribution in [2.24, 2.45) is 0 Å². The van der Waals surface area contributed by atoms with Crippen LogP contribution < -0.4 is 10.2 Å². The van der Waals surface area contributed by atoms with Crippen molar-refractivity contribution in [3.63, 3.8) is 0 Å². The molecule has 6 nitrogen and oxygen atoms in total. The van der Waals surface area contributed by atoms with Crippen molar-refractivity contribution in [3.8, 4) is 5.75 Å². The topological polar surface area (TPSA) is 69.0 Å². The van der Waals surface area contributed by atoms with Gasteiger partial charge in [0.15, 0.2) is 6.61 Å². The predicted molar refractivity (Wildman–Crippen MR) is 111 cm³/mol. The summed E-state index contributed by atoms with van der Waals surface area (Å²) in [6.45, 7) is 5.99. The molecule has 0 unspecified atom stereocenters. The van der Waals surface area contributed by atoms with Crippen LogP contribution in [-0.4, -0.2) is 27.4 Å². The van der Waals surface area contributed by atoms with Crippen LogP contribution in [0.25, 0.3) is 0 Å². The number of benzene rings is 2. The number of carbonyl (C=O) groups excluding carboxylic acids is 1. The van der Waals surface area contributed by atoms with Crippen LogP contribution in [0.4, 0.5) is 0 Å². The van der Waals surface area contributed by atoms with E-state index in [0.717, 1.165) is 5.75 Å². The lowest BCUT2D eigenvalue weighted by atomic mass is 10.0. The maximum absolute atomic E-state index is 12.3. The molecule has 146 valence electrons. The van der Waals surface area contributed by atoms with Crippen molar-refractivity contribution >= 4 is 17.7 Å². The SMILES string of the molecule is Cc1nnc(SCc2ccccc2)n1NC(=O)COc1ccc(C(C)C)cc1. The number of aryl methyl sites for hydroxylation is 1. The highest BCUT2D eigenvalue weighted by Gasteiger charge is 2.13. The molecule has 2 aromatic carbocycles. The van der Waals surface area contributed by atoms with E-state index >= 15 is 0 Å². The van der Waals surface area contributed by atoms with Crippen LogP contribution in [0, 0.1) is 6.92 Å². The van der Waals surface area contributed by atoms with Gasteiger partial charge in [0.1, 0.15) is 11.6 Å². The summed E-state index contributed by atoms with van der Waals surface area (Å²) >= 11 is 1.52. The van der Waals surface area contributed by atoms with E-state index in [1.165, 1.54) is 22.9 Å². The molecular formula is C21H24N4O2S. The molecule has 0 fully saturated rings. The molecule has 1 amide bonds. The van der Waals surface area contributed by atoms with Gasteiger partial charge < -0.3 is 4.74 Å². The number of carbonyl (C=O) groups is 1. The first-order valence-corrected chi connectivity index (χ1v) is 10.1. The van der Waals surface area contributed by atoms with Gasteiger partial charge in [-0.25, -0.2) is 4.68 Å². The number of aromatic nitrogens is 3. The molecule has 0 bridgehead atoms. The van der Waals surface area contributed by atoms with Crippen molar-refractivity contribution in [2.75, 3.05) is 12.0 Å². The number of amides is 1. The second-order valence-corrected chi connectivity index (χ2v) is 7.63. The Bertz CT molecular complexity index is 908. The summed E-state index contributed by atoms with van der Waals surface area (Å²) in [5.41, 5.74) is 5.21. The lowest BCUT2D eigenvalue weighted by Gasteiger charge is -2.12. The van der Waals surface area contributed by atoms with Gasteiger partial charge in [-0.1, -0.05) is 68.1 Å². The van der Waals surface area contributed by atoms with Crippen LogP contribution in [0.15, 0.2) is 59.8 Å². The van der Waals surface area contributed by atoms with E-state index in [1.54, 1.807) is 11.6 Å². The van der Waals surface area contributed by atoms with Crippen LogP contribution in [0.5, 0.6) is 5.75 Å². The highest BCUT2D eigenvalue weighted by Crippen LogP contribution is 2.21. The van der Waals surface area contributed by atoms with Gasteiger partial charge in [0.25, 0.3) is 5.91 Å². The third kappa shape index (κ3) is 5.36. The molecule has 0 aliphatic heterocycles.